The van der Waals surface area contributed by atoms with Gasteiger partial charge in [-0.05, 0) is 24.5 Å². The minimum Gasteiger partial charge on any atom is -0.341 e. The van der Waals surface area contributed by atoms with Crippen molar-refractivity contribution in [3.63, 3.8) is 0 Å². The molecule has 3 rings (SSSR count). The first-order valence-electron chi connectivity index (χ1n) is 7.68. The molecule has 1 fully saturated rings. The number of nitrogens with one attached hydrogen (secondary N) is 1. The summed E-state index contributed by atoms with van der Waals surface area (Å²) in [4.78, 5) is 10.6. The minimum absolute atomic E-state index is 0.0237. The normalized spacial score (nSPS) is 16.4. The molecule has 0 aliphatic carbocycles. The largest absolute Gasteiger partial charge is 0.341 e. The van der Waals surface area contributed by atoms with Crippen molar-refractivity contribution in [1.29, 1.82) is 0 Å². The topological polar surface area (TPSA) is 75.2 Å². The van der Waals surface area contributed by atoms with Crippen LogP contribution in [-0.2, 0) is 15.8 Å². The molecule has 0 unspecified atom stereocenters. The lowest BCUT2D eigenvalue weighted by Crippen LogP contribution is -2.45. The molecule has 1 N–H and O–H groups in total. The second-order valence-electron chi connectivity index (χ2n) is 5.67. The van der Waals surface area contributed by atoms with Gasteiger partial charge in [0.05, 0.1) is 5.75 Å². The molecule has 0 atom stereocenters. The van der Waals surface area contributed by atoms with E-state index in [4.69, 9.17) is 0 Å². The number of benzene rings is 1. The van der Waals surface area contributed by atoms with Gasteiger partial charge in [-0.1, -0.05) is 30.3 Å². The SMILES string of the molecule is O=S(=O)(Cc1ccccc1)NC1CCN(c2ncccn2)CC1. The summed E-state index contributed by atoms with van der Waals surface area (Å²) in [5.41, 5.74) is 0.801. The second kappa shape index (κ2) is 7.06. The van der Waals surface area contributed by atoms with E-state index in [2.05, 4.69) is 19.6 Å². The number of hydrogen-bond donors (Lipinski definition) is 1. The quantitative estimate of drug-likeness (QED) is 0.899. The number of rotatable bonds is 5. The molecular weight excluding hydrogens is 312 g/mol. The highest BCUT2D eigenvalue weighted by Gasteiger charge is 2.24. The third-order valence-corrected chi connectivity index (χ3v) is 5.28. The molecule has 1 saturated heterocycles. The summed E-state index contributed by atoms with van der Waals surface area (Å²) in [6, 6.07) is 11.0. The fraction of sp³-hybridized carbons (Fsp3) is 0.375. The van der Waals surface area contributed by atoms with Crippen molar-refractivity contribution < 1.29 is 8.42 Å². The average molecular weight is 332 g/mol. The highest BCUT2D eigenvalue weighted by molar-refractivity contribution is 7.88. The lowest BCUT2D eigenvalue weighted by atomic mass is 10.1. The Labute approximate surface area is 136 Å². The molecule has 1 aliphatic rings. The Bertz CT molecular complexity index is 714. The first-order valence-corrected chi connectivity index (χ1v) is 9.33. The molecule has 7 heteroatoms. The minimum atomic E-state index is -3.32. The van der Waals surface area contributed by atoms with Gasteiger partial charge in [0.2, 0.25) is 16.0 Å². The van der Waals surface area contributed by atoms with Gasteiger partial charge < -0.3 is 4.90 Å². The van der Waals surface area contributed by atoms with Gasteiger partial charge in [0.1, 0.15) is 0 Å². The van der Waals surface area contributed by atoms with Crippen LogP contribution >= 0.6 is 0 Å². The molecule has 0 bridgehead atoms. The van der Waals surface area contributed by atoms with Gasteiger partial charge in [-0.25, -0.2) is 23.1 Å². The van der Waals surface area contributed by atoms with E-state index < -0.39 is 10.0 Å². The van der Waals surface area contributed by atoms with Crippen LogP contribution in [0.1, 0.15) is 18.4 Å². The maximum absolute atomic E-state index is 12.3. The van der Waals surface area contributed by atoms with Crippen LogP contribution in [-0.4, -0.2) is 37.5 Å². The maximum Gasteiger partial charge on any atom is 0.225 e. The Hall–Kier alpha value is -1.99. The van der Waals surface area contributed by atoms with Gasteiger partial charge in [0.25, 0.3) is 0 Å². The predicted octanol–water partition coefficient (Wildman–Crippen LogP) is 1.57. The van der Waals surface area contributed by atoms with Gasteiger partial charge in [0.15, 0.2) is 0 Å². The number of piperidine rings is 1. The zero-order valence-electron chi connectivity index (χ0n) is 12.8. The summed E-state index contributed by atoms with van der Waals surface area (Å²) in [6.07, 6.45) is 4.95. The number of aromatic nitrogens is 2. The summed E-state index contributed by atoms with van der Waals surface area (Å²) in [5.74, 6) is 0.730. The molecule has 1 aliphatic heterocycles. The van der Waals surface area contributed by atoms with Gasteiger partial charge in [-0.3, -0.25) is 0 Å². The molecule has 23 heavy (non-hydrogen) atoms. The van der Waals surface area contributed by atoms with E-state index >= 15 is 0 Å². The predicted molar refractivity (Wildman–Crippen MR) is 89.5 cm³/mol. The average Bonchev–Trinajstić information content (AvgIpc) is 2.56. The Balaban J connectivity index is 1.54. The fourth-order valence-electron chi connectivity index (χ4n) is 2.74. The van der Waals surface area contributed by atoms with E-state index in [1.807, 2.05) is 30.3 Å². The van der Waals surface area contributed by atoms with Gasteiger partial charge >= 0.3 is 0 Å². The number of nitrogens with zero attached hydrogens (tertiary/aromatic N) is 3. The maximum atomic E-state index is 12.3. The Morgan fingerprint density at radius 3 is 2.35 bits per heavy atom. The molecular formula is C16H20N4O2S. The second-order valence-corrected chi connectivity index (χ2v) is 7.43. The molecule has 2 aromatic rings. The van der Waals surface area contributed by atoms with Gasteiger partial charge in [-0.2, -0.15) is 0 Å². The van der Waals surface area contributed by atoms with Gasteiger partial charge in [0, 0.05) is 31.5 Å². The first-order chi connectivity index (χ1) is 11.1. The van der Waals surface area contributed by atoms with Crippen molar-refractivity contribution in [3.05, 3.63) is 54.4 Å². The molecule has 2 heterocycles. The molecule has 122 valence electrons. The van der Waals surface area contributed by atoms with Gasteiger partial charge in [-0.15, -0.1) is 0 Å². The molecule has 0 amide bonds. The third kappa shape index (κ3) is 4.49. The zero-order chi connectivity index (χ0) is 16.1. The molecule has 0 saturated carbocycles. The summed E-state index contributed by atoms with van der Waals surface area (Å²) < 4.78 is 27.4. The molecule has 1 aromatic carbocycles. The molecule has 6 nitrogen and oxygen atoms in total. The molecule has 0 radical (unpaired) electrons. The monoisotopic (exact) mass is 332 g/mol. The van der Waals surface area contributed by atoms with Crippen molar-refractivity contribution in [2.24, 2.45) is 0 Å². The van der Waals surface area contributed by atoms with Crippen molar-refractivity contribution in [3.8, 4) is 0 Å². The van der Waals surface area contributed by atoms with Crippen LogP contribution in [0.15, 0.2) is 48.8 Å². The van der Waals surface area contributed by atoms with Crippen molar-refractivity contribution in [2.75, 3.05) is 18.0 Å². The first kappa shape index (κ1) is 15.9. The number of anilines is 1. The Morgan fingerprint density at radius 2 is 1.70 bits per heavy atom. The molecule has 0 spiro atoms. The third-order valence-electron chi connectivity index (χ3n) is 3.88. The van der Waals surface area contributed by atoms with Crippen LogP contribution < -0.4 is 9.62 Å². The van der Waals surface area contributed by atoms with Crippen LogP contribution in [0.5, 0.6) is 0 Å². The van der Waals surface area contributed by atoms with Crippen LogP contribution in [0.2, 0.25) is 0 Å². The highest BCUT2D eigenvalue weighted by Crippen LogP contribution is 2.16. The van der Waals surface area contributed by atoms with E-state index in [-0.39, 0.29) is 11.8 Å². The zero-order valence-corrected chi connectivity index (χ0v) is 13.6. The van der Waals surface area contributed by atoms with Crippen LogP contribution in [0.25, 0.3) is 0 Å². The molecule has 1 aromatic heterocycles. The Kier molecular flexibility index (Phi) is 4.88. The number of sulfonamides is 1. The van der Waals surface area contributed by atoms with Crippen molar-refractivity contribution in [2.45, 2.75) is 24.6 Å². The lowest BCUT2D eigenvalue weighted by Gasteiger charge is -2.32. The van der Waals surface area contributed by atoms with Crippen molar-refractivity contribution in [1.82, 2.24) is 14.7 Å². The Morgan fingerprint density at radius 1 is 1.04 bits per heavy atom. The lowest BCUT2D eigenvalue weighted by molar-refractivity contribution is 0.456. The van der Waals surface area contributed by atoms with Crippen LogP contribution in [0.4, 0.5) is 5.95 Å². The highest BCUT2D eigenvalue weighted by atomic mass is 32.2. The standard InChI is InChI=1S/C16H20N4O2S/c21-23(22,13-14-5-2-1-3-6-14)19-15-7-11-20(12-8-15)16-17-9-4-10-18-16/h1-6,9-10,15,19H,7-8,11-13H2. The summed E-state index contributed by atoms with van der Waals surface area (Å²) in [6.45, 7) is 1.51. The van der Waals surface area contributed by atoms with Crippen LogP contribution in [0, 0.1) is 0 Å². The van der Waals surface area contributed by atoms with E-state index in [1.54, 1.807) is 18.5 Å². The van der Waals surface area contributed by atoms with Crippen LogP contribution in [0.3, 0.4) is 0 Å². The van der Waals surface area contributed by atoms with E-state index in [0.29, 0.717) is 5.95 Å². The smallest absolute Gasteiger partial charge is 0.225 e. The summed E-state index contributed by atoms with van der Waals surface area (Å²) >= 11 is 0. The van der Waals surface area contributed by atoms with Crippen molar-refractivity contribution >= 4 is 16.0 Å². The van der Waals surface area contributed by atoms with E-state index in [0.717, 1.165) is 31.5 Å². The van der Waals surface area contributed by atoms with E-state index in [1.165, 1.54) is 0 Å². The summed E-state index contributed by atoms with van der Waals surface area (Å²) in [7, 11) is -3.32. The fourth-order valence-corrected chi connectivity index (χ4v) is 4.20. The number of hydrogen-bond acceptors (Lipinski definition) is 5. The summed E-state index contributed by atoms with van der Waals surface area (Å²) in [5, 5.41) is 0. The van der Waals surface area contributed by atoms with E-state index in [9.17, 15) is 8.42 Å².